The summed E-state index contributed by atoms with van der Waals surface area (Å²) in [7, 11) is 0. The van der Waals surface area contributed by atoms with Gasteiger partial charge in [-0.15, -0.1) is 0 Å². The van der Waals surface area contributed by atoms with Crippen LogP contribution >= 0.6 is 0 Å². The molecule has 0 bridgehead atoms. The summed E-state index contributed by atoms with van der Waals surface area (Å²) in [6.45, 7) is 1.64. The molecule has 1 saturated heterocycles. The van der Waals surface area contributed by atoms with E-state index >= 15 is 0 Å². The second-order valence-corrected chi connectivity index (χ2v) is 4.92. The number of aliphatic hydroxyl groups is 1. The highest BCUT2D eigenvalue weighted by molar-refractivity contribution is 5.87. The maximum absolute atomic E-state index is 12.4. The average molecular weight is 247 g/mol. The minimum absolute atomic E-state index is 0.0126. The van der Waals surface area contributed by atoms with Crippen LogP contribution in [-0.2, 0) is 16.0 Å². The number of carbonyl (C=O) groups excluding carboxylic acids is 1. The minimum Gasteiger partial charge on any atom is -0.394 e. The molecule has 3 rings (SSSR count). The average Bonchev–Trinajstić information content (AvgIpc) is 2.40. The molecule has 2 aliphatic rings. The summed E-state index contributed by atoms with van der Waals surface area (Å²) in [5.41, 5.74) is 2.44. The van der Waals surface area contributed by atoms with Gasteiger partial charge >= 0.3 is 0 Å². The first-order valence-corrected chi connectivity index (χ1v) is 6.38. The van der Waals surface area contributed by atoms with Gasteiger partial charge in [0.2, 0.25) is 5.91 Å². The molecule has 1 aliphatic carbocycles. The van der Waals surface area contributed by atoms with Gasteiger partial charge in [0.05, 0.1) is 25.2 Å². The fourth-order valence-corrected chi connectivity index (χ4v) is 2.73. The van der Waals surface area contributed by atoms with E-state index in [1.165, 1.54) is 5.56 Å². The number of hydrogen-bond donors (Lipinski definition) is 1. The van der Waals surface area contributed by atoms with Gasteiger partial charge < -0.3 is 14.7 Å². The third-order valence-corrected chi connectivity index (χ3v) is 3.81. The Balaban J connectivity index is 1.69. The van der Waals surface area contributed by atoms with Crippen LogP contribution in [-0.4, -0.2) is 48.3 Å². The zero-order valence-corrected chi connectivity index (χ0v) is 10.2. The van der Waals surface area contributed by atoms with E-state index in [0.29, 0.717) is 19.7 Å². The normalized spacial score (nSPS) is 26.4. The molecule has 1 fully saturated rings. The Bertz CT molecular complexity index is 460. The molecule has 1 amide bonds. The maximum atomic E-state index is 12.4. The number of fused-ring (bicyclic) bond motifs is 1. The Labute approximate surface area is 106 Å². The van der Waals surface area contributed by atoms with E-state index < -0.39 is 0 Å². The van der Waals surface area contributed by atoms with Gasteiger partial charge in [0.1, 0.15) is 0 Å². The molecule has 2 atom stereocenters. The largest absolute Gasteiger partial charge is 0.394 e. The third kappa shape index (κ3) is 1.91. The summed E-state index contributed by atoms with van der Waals surface area (Å²) in [6.07, 6.45) is 0.619. The van der Waals surface area contributed by atoms with Crippen LogP contribution in [0.15, 0.2) is 24.3 Å². The summed E-state index contributed by atoms with van der Waals surface area (Å²) in [4.78, 5) is 14.2. The third-order valence-electron chi connectivity index (χ3n) is 3.81. The van der Waals surface area contributed by atoms with Crippen LogP contribution in [0.2, 0.25) is 0 Å². The van der Waals surface area contributed by atoms with Crippen LogP contribution in [0, 0.1) is 0 Å². The van der Waals surface area contributed by atoms with Gasteiger partial charge in [0, 0.05) is 13.1 Å². The van der Waals surface area contributed by atoms with E-state index in [0.717, 1.165) is 12.0 Å². The first kappa shape index (κ1) is 11.7. The van der Waals surface area contributed by atoms with Gasteiger partial charge in [-0.3, -0.25) is 4.79 Å². The van der Waals surface area contributed by atoms with Crippen molar-refractivity contribution in [3.63, 3.8) is 0 Å². The van der Waals surface area contributed by atoms with Crippen LogP contribution in [0.3, 0.4) is 0 Å². The molecule has 1 N–H and O–H groups in total. The number of aliphatic hydroxyl groups excluding tert-OH is 1. The topological polar surface area (TPSA) is 49.8 Å². The van der Waals surface area contributed by atoms with E-state index in [2.05, 4.69) is 6.07 Å². The molecule has 2 unspecified atom stereocenters. The fourth-order valence-electron chi connectivity index (χ4n) is 2.73. The first-order valence-electron chi connectivity index (χ1n) is 6.38. The number of morpholine rings is 1. The van der Waals surface area contributed by atoms with Gasteiger partial charge in [0.25, 0.3) is 0 Å². The summed E-state index contributed by atoms with van der Waals surface area (Å²) >= 11 is 0. The van der Waals surface area contributed by atoms with E-state index in [1.807, 2.05) is 23.1 Å². The van der Waals surface area contributed by atoms with Crippen LogP contribution < -0.4 is 0 Å². The fraction of sp³-hybridized carbons (Fsp3) is 0.500. The summed E-state index contributed by atoms with van der Waals surface area (Å²) in [5, 5.41) is 9.10. The highest BCUT2D eigenvalue weighted by Crippen LogP contribution is 2.36. The lowest BCUT2D eigenvalue weighted by atomic mass is 9.77. The van der Waals surface area contributed by atoms with E-state index in [-0.39, 0.29) is 24.5 Å². The monoisotopic (exact) mass is 247 g/mol. The maximum Gasteiger partial charge on any atom is 0.230 e. The molecular formula is C14H17NO3. The standard InChI is InChI=1S/C14H17NO3/c16-9-11-8-15(5-6-18-11)14(17)13-7-10-3-1-2-4-12(10)13/h1-4,11,13,16H,5-9H2. The molecule has 4 heteroatoms. The Morgan fingerprint density at radius 3 is 3.06 bits per heavy atom. The lowest BCUT2D eigenvalue weighted by Crippen LogP contribution is -2.49. The first-order chi connectivity index (χ1) is 8.79. The van der Waals surface area contributed by atoms with Crippen molar-refractivity contribution < 1.29 is 14.6 Å². The van der Waals surface area contributed by atoms with Crippen LogP contribution in [0.1, 0.15) is 17.0 Å². The van der Waals surface area contributed by atoms with Crippen molar-refractivity contribution in [1.29, 1.82) is 0 Å². The van der Waals surface area contributed by atoms with Crippen molar-refractivity contribution >= 4 is 5.91 Å². The molecule has 4 nitrogen and oxygen atoms in total. The predicted octanol–water partition coefficient (Wildman–Crippen LogP) is 0.546. The SMILES string of the molecule is O=C(C1Cc2ccccc21)N1CCOC(CO)C1. The smallest absolute Gasteiger partial charge is 0.230 e. The molecule has 1 aromatic carbocycles. The number of nitrogens with zero attached hydrogens (tertiary/aromatic N) is 1. The van der Waals surface area contributed by atoms with E-state index in [1.54, 1.807) is 0 Å². The van der Waals surface area contributed by atoms with Crippen molar-refractivity contribution in [3.8, 4) is 0 Å². The number of rotatable bonds is 2. The van der Waals surface area contributed by atoms with Crippen molar-refractivity contribution in [2.45, 2.75) is 18.4 Å². The number of benzene rings is 1. The quantitative estimate of drug-likeness (QED) is 0.830. The molecular weight excluding hydrogens is 230 g/mol. The van der Waals surface area contributed by atoms with Crippen LogP contribution in [0.25, 0.3) is 0 Å². The van der Waals surface area contributed by atoms with E-state index in [4.69, 9.17) is 9.84 Å². The Kier molecular flexibility index (Phi) is 3.06. The molecule has 0 aromatic heterocycles. The molecule has 0 spiro atoms. The Morgan fingerprint density at radius 1 is 1.44 bits per heavy atom. The van der Waals surface area contributed by atoms with Gasteiger partial charge in [0.15, 0.2) is 0 Å². The van der Waals surface area contributed by atoms with Crippen molar-refractivity contribution in [3.05, 3.63) is 35.4 Å². The van der Waals surface area contributed by atoms with Crippen LogP contribution in [0.5, 0.6) is 0 Å². The predicted molar refractivity (Wildman–Crippen MR) is 66.3 cm³/mol. The number of carbonyl (C=O) groups is 1. The van der Waals surface area contributed by atoms with Gasteiger partial charge in [-0.1, -0.05) is 24.3 Å². The number of ether oxygens (including phenoxy) is 1. The number of amides is 1. The van der Waals surface area contributed by atoms with Crippen molar-refractivity contribution in [1.82, 2.24) is 4.90 Å². The molecule has 1 aliphatic heterocycles. The highest BCUT2D eigenvalue weighted by atomic mass is 16.5. The Morgan fingerprint density at radius 2 is 2.28 bits per heavy atom. The van der Waals surface area contributed by atoms with Gasteiger partial charge in [-0.25, -0.2) is 0 Å². The highest BCUT2D eigenvalue weighted by Gasteiger charge is 2.36. The molecule has 1 aromatic rings. The molecule has 1 heterocycles. The van der Waals surface area contributed by atoms with Crippen molar-refractivity contribution in [2.24, 2.45) is 0 Å². The van der Waals surface area contributed by atoms with Gasteiger partial charge in [-0.2, -0.15) is 0 Å². The van der Waals surface area contributed by atoms with E-state index in [9.17, 15) is 4.79 Å². The minimum atomic E-state index is -0.224. The number of hydrogen-bond acceptors (Lipinski definition) is 3. The molecule has 18 heavy (non-hydrogen) atoms. The molecule has 0 radical (unpaired) electrons. The summed E-state index contributed by atoms with van der Waals surface area (Å²) in [5.74, 6) is 0.189. The lowest BCUT2D eigenvalue weighted by Gasteiger charge is -2.37. The van der Waals surface area contributed by atoms with Gasteiger partial charge in [-0.05, 0) is 17.5 Å². The second-order valence-electron chi connectivity index (χ2n) is 4.92. The molecule has 96 valence electrons. The van der Waals surface area contributed by atoms with Crippen LogP contribution in [0.4, 0.5) is 0 Å². The second kappa shape index (κ2) is 4.71. The Hall–Kier alpha value is -1.39. The summed E-state index contributed by atoms with van der Waals surface area (Å²) < 4.78 is 5.36. The molecule has 0 saturated carbocycles. The zero-order chi connectivity index (χ0) is 12.5. The summed E-state index contributed by atoms with van der Waals surface area (Å²) in [6, 6.07) is 8.10. The van der Waals surface area contributed by atoms with Crippen molar-refractivity contribution in [2.75, 3.05) is 26.3 Å². The lowest BCUT2D eigenvalue weighted by molar-refractivity contribution is -0.142. The zero-order valence-electron chi connectivity index (χ0n) is 10.2.